The van der Waals surface area contributed by atoms with Crippen molar-refractivity contribution in [2.24, 2.45) is 5.92 Å². The minimum absolute atomic E-state index is 0. The molecule has 0 saturated heterocycles. The van der Waals surface area contributed by atoms with Crippen LogP contribution in [0.4, 0.5) is 4.39 Å². The van der Waals surface area contributed by atoms with E-state index in [-0.39, 0.29) is 38.1 Å². The molecule has 10 nitrogen and oxygen atoms in total. The van der Waals surface area contributed by atoms with Gasteiger partial charge in [0.2, 0.25) is 0 Å². The second kappa shape index (κ2) is 21.2. The van der Waals surface area contributed by atoms with Crippen molar-refractivity contribution >= 4 is 108 Å². The van der Waals surface area contributed by atoms with Gasteiger partial charge in [-0.05, 0) is 125 Å². The van der Waals surface area contributed by atoms with Gasteiger partial charge in [0.1, 0.15) is 12.1 Å². The van der Waals surface area contributed by atoms with Crippen molar-refractivity contribution in [3.63, 3.8) is 0 Å². The fourth-order valence-corrected chi connectivity index (χ4v) is 14.1. The normalized spacial score (nSPS) is 15.7. The van der Waals surface area contributed by atoms with Crippen molar-refractivity contribution in [1.29, 1.82) is 0 Å². The van der Waals surface area contributed by atoms with Crippen molar-refractivity contribution in [2.75, 3.05) is 18.6 Å². The Hall–Kier alpha value is -5.52. The lowest BCUT2D eigenvalue weighted by Gasteiger charge is -2.23. The lowest BCUT2D eigenvalue weighted by Crippen LogP contribution is -2.26. The number of carbonyl (C=O) groups excluding carboxylic acids is 2. The third kappa shape index (κ3) is 10.5. The average Bonchev–Trinajstić information content (AvgIpc) is 4.15. The van der Waals surface area contributed by atoms with Crippen LogP contribution >= 0.6 is 38.6 Å². The molecular weight excluding hydrogens is 998 g/mol. The fourth-order valence-electron chi connectivity index (χ4n) is 8.69. The molecule has 6 heterocycles. The molecule has 0 radical (unpaired) electrons. The number of sulfone groups is 2. The van der Waals surface area contributed by atoms with E-state index in [0.29, 0.717) is 71.4 Å². The molecule has 5 aromatic carbocycles. The Morgan fingerprint density at radius 2 is 1.40 bits per heavy atom. The van der Waals surface area contributed by atoms with Gasteiger partial charge in [0.15, 0.2) is 19.7 Å². The Kier molecular flexibility index (Phi) is 16.1. The van der Waals surface area contributed by atoms with Crippen molar-refractivity contribution < 1.29 is 45.5 Å². The maximum atomic E-state index is 14.1. The maximum absolute atomic E-state index is 14.1. The number of carbonyl (C=O) groups is 3. The van der Waals surface area contributed by atoms with Gasteiger partial charge in [-0.15, -0.1) is 22.7 Å². The summed E-state index contributed by atoms with van der Waals surface area (Å²) in [5.74, 6) is -1.62. The highest BCUT2D eigenvalue weighted by Crippen LogP contribution is 2.37. The number of hydrogen-bond acceptors (Lipinski definition) is 10. The first-order valence-corrected chi connectivity index (χ1v) is 26.4. The summed E-state index contributed by atoms with van der Waals surface area (Å²) in [7, 11) is -4.92. The summed E-state index contributed by atoms with van der Waals surface area (Å²) < 4.78 is 71.8. The zero-order valence-corrected chi connectivity index (χ0v) is 39.7. The lowest BCUT2D eigenvalue weighted by atomic mass is 9.92. The van der Waals surface area contributed by atoms with E-state index in [1.165, 1.54) is 33.8 Å². The SMILES string of the molecule is Brc1cccc2sccc12.C.C.COC(=O)c1cccc2sccc12.O=C(O)C1CCc2c(Cc3cccc4c3CCS4(=O)=O)c3cc(F)ccc3n2C1.O=Cc1cccc2c1CCS2(=O)=O. The van der Waals surface area contributed by atoms with Crippen molar-refractivity contribution in [2.45, 2.75) is 63.3 Å². The van der Waals surface area contributed by atoms with Crippen LogP contribution < -0.4 is 0 Å². The van der Waals surface area contributed by atoms with Crippen LogP contribution in [0.15, 0.2) is 128 Å². The quantitative estimate of drug-likeness (QED) is 0.131. The molecule has 0 amide bonds. The number of ether oxygens (including phenoxy) is 1. The number of benzene rings is 5. The molecule has 0 aliphatic carbocycles. The number of esters is 1. The van der Waals surface area contributed by atoms with Crippen LogP contribution in [-0.4, -0.2) is 63.3 Å². The summed E-state index contributed by atoms with van der Waals surface area (Å²) >= 11 is 6.88. The Bertz CT molecular complexity index is 3370. The van der Waals surface area contributed by atoms with E-state index in [9.17, 15) is 40.7 Å². The number of fused-ring (bicyclic) bond motifs is 7. The summed E-state index contributed by atoms with van der Waals surface area (Å²) in [6, 6.07) is 30.7. The first-order valence-electron chi connectivity index (χ1n) is 20.5. The molecule has 0 saturated carbocycles. The van der Waals surface area contributed by atoms with E-state index in [1.807, 2.05) is 34.2 Å². The van der Waals surface area contributed by atoms with Gasteiger partial charge in [0, 0.05) is 59.8 Å². The summed E-state index contributed by atoms with van der Waals surface area (Å²) in [4.78, 5) is 34.1. The zero-order valence-electron chi connectivity index (χ0n) is 34.8. The fraction of sp³-hybridized carbons (Fsp3) is 0.235. The van der Waals surface area contributed by atoms with Gasteiger partial charge in [0.25, 0.3) is 0 Å². The number of carboxylic acids is 1. The predicted octanol–water partition coefficient (Wildman–Crippen LogP) is 11.8. The molecule has 67 heavy (non-hydrogen) atoms. The van der Waals surface area contributed by atoms with Crippen molar-refractivity contribution in [1.82, 2.24) is 4.57 Å². The summed E-state index contributed by atoms with van der Waals surface area (Å²) in [6.45, 7) is 0.369. The number of halogens is 2. The van der Waals surface area contributed by atoms with E-state index in [0.717, 1.165) is 43.4 Å². The monoisotopic (exact) mass is 1050 g/mol. The smallest absolute Gasteiger partial charge is 0.338 e. The summed E-state index contributed by atoms with van der Waals surface area (Å²) in [5, 5.41) is 16.6. The average molecular weight is 1050 g/mol. The van der Waals surface area contributed by atoms with Gasteiger partial charge in [-0.1, -0.05) is 67.2 Å². The van der Waals surface area contributed by atoms with Crippen LogP contribution in [0.5, 0.6) is 0 Å². The number of hydrogen-bond donors (Lipinski definition) is 1. The molecule has 0 spiro atoms. The Labute approximate surface area is 406 Å². The number of nitrogens with zero attached hydrogens (tertiary/aromatic N) is 1. The minimum Gasteiger partial charge on any atom is -0.481 e. The predicted molar refractivity (Wildman–Crippen MR) is 270 cm³/mol. The van der Waals surface area contributed by atoms with E-state index in [4.69, 9.17) is 0 Å². The van der Waals surface area contributed by atoms with Crippen LogP contribution in [0.3, 0.4) is 0 Å². The zero-order chi connectivity index (χ0) is 46.0. The molecule has 1 N–H and O–H groups in total. The van der Waals surface area contributed by atoms with Gasteiger partial charge in [-0.25, -0.2) is 26.0 Å². The number of aldehydes is 1. The molecule has 0 fully saturated rings. The molecule has 1 unspecified atom stereocenters. The van der Waals surface area contributed by atoms with Crippen LogP contribution in [0, 0.1) is 11.7 Å². The number of carboxylic acid groups (broad SMARTS) is 1. The molecule has 3 aromatic heterocycles. The second-order valence-corrected chi connectivity index (χ2v) is 22.5. The molecule has 1 atom stereocenters. The van der Waals surface area contributed by atoms with Gasteiger partial charge >= 0.3 is 11.9 Å². The number of aliphatic carboxylic acids is 1. The van der Waals surface area contributed by atoms with Gasteiger partial charge in [-0.2, -0.15) is 0 Å². The molecule has 11 rings (SSSR count). The number of methoxy groups -OCH3 is 1. The van der Waals surface area contributed by atoms with Crippen LogP contribution in [0.2, 0.25) is 0 Å². The van der Waals surface area contributed by atoms with E-state index >= 15 is 0 Å². The maximum Gasteiger partial charge on any atom is 0.338 e. The first kappa shape index (κ1) is 50.9. The second-order valence-electron chi connectivity index (χ2n) is 15.6. The van der Waals surface area contributed by atoms with E-state index < -0.39 is 31.6 Å². The highest BCUT2D eigenvalue weighted by Gasteiger charge is 2.32. The number of rotatable bonds is 5. The molecule has 350 valence electrons. The molecule has 3 aliphatic heterocycles. The van der Waals surface area contributed by atoms with Gasteiger partial charge in [0.05, 0.1) is 39.9 Å². The molecule has 16 heteroatoms. The third-order valence-corrected chi connectivity index (χ3v) is 17.9. The minimum atomic E-state index is -3.22. The van der Waals surface area contributed by atoms with Crippen LogP contribution in [0.1, 0.15) is 69.9 Å². The molecular formula is C51H49BrFNO9S4. The molecule has 0 bridgehead atoms. The van der Waals surface area contributed by atoms with E-state index in [2.05, 4.69) is 50.3 Å². The van der Waals surface area contributed by atoms with Crippen LogP contribution in [-0.2, 0) is 61.4 Å². The van der Waals surface area contributed by atoms with Gasteiger partial charge in [-0.3, -0.25) is 9.59 Å². The first-order chi connectivity index (χ1) is 31.2. The highest BCUT2D eigenvalue weighted by molar-refractivity contribution is 9.10. The largest absolute Gasteiger partial charge is 0.481 e. The van der Waals surface area contributed by atoms with Gasteiger partial charge < -0.3 is 14.4 Å². The topological polar surface area (TPSA) is 154 Å². The summed E-state index contributed by atoms with van der Waals surface area (Å²) in [6.07, 6.45) is 3.33. The van der Waals surface area contributed by atoms with Crippen LogP contribution in [0.25, 0.3) is 31.1 Å². The van der Waals surface area contributed by atoms with Crippen molar-refractivity contribution in [3.05, 3.63) is 163 Å². The lowest BCUT2D eigenvalue weighted by molar-refractivity contribution is -0.142. The van der Waals surface area contributed by atoms with E-state index in [1.54, 1.807) is 65.1 Å². The Morgan fingerprint density at radius 1 is 0.791 bits per heavy atom. The Balaban J connectivity index is 0.000000163. The highest BCUT2D eigenvalue weighted by atomic mass is 79.9. The Morgan fingerprint density at radius 3 is 2.06 bits per heavy atom. The third-order valence-electron chi connectivity index (χ3n) is 11.9. The standard InChI is InChI=1S/C22H20FNO4S.C10H8O2S.C9H8O3S.C8H5BrS.2CH4/c23-15-5-7-20-18(11-15)17(19-6-4-14(22(25)26)12-24(19)20)10-13-2-1-3-21-16(13)8-9-29(21,27)28;1-12-10(11)8-3-2-4-9-7(8)5-6-13-9;10-6-7-2-1-3-9-8(7)4-5-13(9,11)12;9-7-2-1-3-8-6(7)4-5-10-8;;/h1-3,5,7,11,14H,4,6,8-10,12H2,(H,25,26);2-6H,1H3;1-3,6H,4-5H2;1-5H;2*1H4. The van der Waals surface area contributed by atoms with Crippen molar-refractivity contribution in [3.8, 4) is 0 Å². The number of thiophene rings is 2. The summed E-state index contributed by atoms with van der Waals surface area (Å²) in [5.41, 5.74) is 6.46. The molecule has 3 aliphatic rings. The molecule has 8 aromatic rings. The number of aromatic nitrogens is 1.